The Hall–Kier alpha value is -3.52. The summed E-state index contributed by atoms with van der Waals surface area (Å²) >= 11 is 0. The molecule has 1 aliphatic rings. The molecule has 1 aliphatic carbocycles. The van der Waals surface area contributed by atoms with Crippen LogP contribution in [0.2, 0.25) is 0 Å². The highest BCUT2D eigenvalue weighted by Gasteiger charge is 2.24. The Morgan fingerprint density at radius 2 is 2.06 bits per heavy atom. The number of fused-ring (bicyclic) bond motifs is 1. The van der Waals surface area contributed by atoms with Crippen molar-refractivity contribution in [3.63, 3.8) is 0 Å². The lowest BCUT2D eigenvalue weighted by atomic mass is 9.91. The Labute approximate surface area is 181 Å². The third-order valence-electron chi connectivity index (χ3n) is 5.68. The number of hydrogen-bond acceptors (Lipinski definition) is 7. The molecule has 2 unspecified atom stereocenters. The molecule has 1 amide bonds. The zero-order valence-electron chi connectivity index (χ0n) is 17.6. The van der Waals surface area contributed by atoms with E-state index in [9.17, 15) is 4.79 Å². The van der Waals surface area contributed by atoms with Crippen LogP contribution in [0.4, 0.5) is 17.3 Å². The summed E-state index contributed by atoms with van der Waals surface area (Å²) in [4.78, 5) is 21.9. The Morgan fingerprint density at radius 1 is 1.23 bits per heavy atom. The highest BCUT2D eigenvalue weighted by Crippen LogP contribution is 2.30. The number of aryl methyl sites for hydroxylation is 1. The van der Waals surface area contributed by atoms with Gasteiger partial charge in [0, 0.05) is 36.1 Å². The summed E-state index contributed by atoms with van der Waals surface area (Å²) in [6.45, 7) is 5.23. The molecule has 160 valence electrons. The molecule has 2 aromatic heterocycles. The number of nitrogens with one attached hydrogen (secondary N) is 3. The van der Waals surface area contributed by atoms with E-state index in [1.54, 1.807) is 6.20 Å². The van der Waals surface area contributed by atoms with Gasteiger partial charge < -0.3 is 16.4 Å². The van der Waals surface area contributed by atoms with Crippen LogP contribution in [-0.4, -0.2) is 34.7 Å². The topological polar surface area (TPSA) is 117 Å². The molecule has 1 aromatic carbocycles. The molecule has 31 heavy (non-hydrogen) atoms. The van der Waals surface area contributed by atoms with E-state index in [1.165, 1.54) is 0 Å². The van der Waals surface area contributed by atoms with Gasteiger partial charge in [0.1, 0.15) is 11.6 Å². The monoisotopic (exact) mass is 417 g/mol. The molecular weight excluding hydrogens is 390 g/mol. The predicted molar refractivity (Wildman–Crippen MR) is 125 cm³/mol. The Balaban J connectivity index is 1.74. The number of aromatic nitrogens is 2. The molecule has 1 fully saturated rings. The normalized spacial score (nSPS) is 18.4. The van der Waals surface area contributed by atoms with Gasteiger partial charge in [0.05, 0.1) is 11.1 Å². The smallest absolute Gasteiger partial charge is 0.275 e. The molecule has 2 heterocycles. The predicted octanol–water partition coefficient (Wildman–Crippen LogP) is 3.71. The molecule has 1 saturated carbocycles. The third-order valence-corrected chi connectivity index (χ3v) is 5.68. The maximum atomic E-state index is 12.7. The Kier molecular flexibility index (Phi) is 6.08. The first-order valence-electron chi connectivity index (χ1n) is 10.5. The van der Waals surface area contributed by atoms with E-state index in [2.05, 4.69) is 32.9 Å². The van der Waals surface area contributed by atoms with E-state index in [0.717, 1.165) is 47.8 Å². The summed E-state index contributed by atoms with van der Waals surface area (Å²) < 4.78 is 0. The van der Waals surface area contributed by atoms with E-state index >= 15 is 0 Å². The van der Waals surface area contributed by atoms with Gasteiger partial charge in [0.15, 0.2) is 0 Å². The lowest BCUT2D eigenvalue weighted by Gasteiger charge is -2.30. The molecule has 0 radical (unpaired) electrons. The molecule has 4 rings (SSSR count). The largest absolute Gasteiger partial charge is 0.366 e. The van der Waals surface area contributed by atoms with Crippen LogP contribution in [0.15, 0.2) is 47.7 Å². The van der Waals surface area contributed by atoms with Gasteiger partial charge in [-0.25, -0.2) is 10.4 Å². The number of pyridine rings is 2. The minimum atomic E-state index is -0.373. The number of hydrazone groups is 1. The molecule has 8 nitrogen and oxygen atoms in total. The maximum Gasteiger partial charge on any atom is 0.275 e. The molecule has 0 bridgehead atoms. The van der Waals surface area contributed by atoms with Crippen LogP contribution in [-0.2, 0) is 0 Å². The van der Waals surface area contributed by atoms with Crippen LogP contribution in [0.3, 0.4) is 0 Å². The molecule has 8 heteroatoms. The van der Waals surface area contributed by atoms with Crippen LogP contribution in [0.5, 0.6) is 0 Å². The number of rotatable bonds is 6. The average Bonchev–Trinajstić information content (AvgIpc) is 2.75. The Morgan fingerprint density at radius 3 is 2.87 bits per heavy atom. The first-order valence-corrected chi connectivity index (χ1v) is 10.5. The first kappa shape index (κ1) is 20.7. The highest BCUT2D eigenvalue weighted by molar-refractivity contribution is 6.02. The van der Waals surface area contributed by atoms with E-state index in [0.29, 0.717) is 17.2 Å². The number of amides is 1. The van der Waals surface area contributed by atoms with Crippen molar-refractivity contribution in [2.45, 2.75) is 44.7 Å². The van der Waals surface area contributed by atoms with Gasteiger partial charge in [-0.1, -0.05) is 18.9 Å². The second-order valence-corrected chi connectivity index (χ2v) is 7.85. The molecule has 3 aromatic rings. The number of nitrogens with zero attached hydrogens (tertiary/aromatic N) is 3. The van der Waals surface area contributed by atoms with Gasteiger partial charge in [0.25, 0.3) is 5.91 Å². The quantitative estimate of drug-likeness (QED) is 0.359. The summed E-state index contributed by atoms with van der Waals surface area (Å²) in [5.74, 6) is 0.745. The second kappa shape index (κ2) is 9.09. The van der Waals surface area contributed by atoms with Crippen LogP contribution in [0, 0.1) is 6.92 Å². The zero-order chi connectivity index (χ0) is 21.8. The number of nitrogens with two attached hydrogens (primary N) is 1. The summed E-state index contributed by atoms with van der Waals surface area (Å²) in [5.41, 5.74) is 11.6. The van der Waals surface area contributed by atoms with Crippen LogP contribution >= 0.6 is 0 Å². The molecule has 0 aliphatic heterocycles. The Bertz CT molecular complexity index is 1110. The SMILES string of the molecule is C=NNC(=O)c1c(C)cc(NC2CCCCC2N)nc1Nc1cccc2ncccc12. The van der Waals surface area contributed by atoms with Crippen molar-refractivity contribution in [3.8, 4) is 0 Å². The first-order chi connectivity index (χ1) is 15.1. The summed E-state index contributed by atoms with van der Waals surface area (Å²) in [6.07, 6.45) is 6.05. The lowest BCUT2D eigenvalue weighted by Crippen LogP contribution is -2.42. The van der Waals surface area contributed by atoms with E-state index in [1.807, 2.05) is 43.3 Å². The molecule has 0 spiro atoms. The molecule has 0 saturated heterocycles. The summed E-state index contributed by atoms with van der Waals surface area (Å²) in [7, 11) is 0. The summed E-state index contributed by atoms with van der Waals surface area (Å²) in [5, 5.41) is 11.3. The van der Waals surface area contributed by atoms with Gasteiger partial charge in [0.2, 0.25) is 0 Å². The molecule has 5 N–H and O–H groups in total. The van der Waals surface area contributed by atoms with E-state index in [-0.39, 0.29) is 18.0 Å². The van der Waals surface area contributed by atoms with Gasteiger partial charge in [-0.05, 0) is 55.7 Å². The van der Waals surface area contributed by atoms with Gasteiger partial charge in [-0.15, -0.1) is 0 Å². The van der Waals surface area contributed by atoms with Crippen molar-refractivity contribution in [1.82, 2.24) is 15.4 Å². The van der Waals surface area contributed by atoms with Gasteiger partial charge in [-0.2, -0.15) is 5.10 Å². The van der Waals surface area contributed by atoms with Crippen molar-refractivity contribution >= 4 is 40.9 Å². The van der Waals surface area contributed by atoms with Gasteiger partial charge >= 0.3 is 0 Å². The minimum Gasteiger partial charge on any atom is -0.366 e. The molecular formula is C23H27N7O. The maximum absolute atomic E-state index is 12.7. The number of hydrogen-bond donors (Lipinski definition) is 4. The lowest BCUT2D eigenvalue weighted by molar-refractivity contribution is 0.0955. The van der Waals surface area contributed by atoms with Crippen LogP contribution in [0.25, 0.3) is 10.9 Å². The zero-order valence-corrected chi connectivity index (χ0v) is 17.6. The van der Waals surface area contributed by atoms with Crippen LogP contribution in [0.1, 0.15) is 41.6 Å². The average molecular weight is 418 g/mol. The van der Waals surface area contributed by atoms with Crippen molar-refractivity contribution in [3.05, 3.63) is 53.7 Å². The number of carbonyl (C=O) groups is 1. The van der Waals surface area contributed by atoms with E-state index in [4.69, 9.17) is 10.7 Å². The second-order valence-electron chi connectivity index (χ2n) is 7.85. The van der Waals surface area contributed by atoms with Crippen molar-refractivity contribution in [2.24, 2.45) is 10.8 Å². The van der Waals surface area contributed by atoms with Crippen LogP contribution < -0.4 is 21.8 Å². The van der Waals surface area contributed by atoms with E-state index < -0.39 is 0 Å². The fourth-order valence-electron chi connectivity index (χ4n) is 4.12. The minimum absolute atomic E-state index is 0.0874. The number of carbonyl (C=O) groups excluding carboxylic acids is 1. The van der Waals surface area contributed by atoms with Crippen molar-refractivity contribution in [2.75, 3.05) is 10.6 Å². The fraction of sp³-hybridized carbons (Fsp3) is 0.304. The highest BCUT2D eigenvalue weighted by atomic mass is 16.2. The van der Waals surface area contributed by atoms with Gasteiger partial charge in [-0.3, -0.25) is 9.78 Å². The van der Waals surface area contributed by atoms with Crippen molar-refractivity contribution in [1.29, 1.82) is 0 Å². The van der Waals surface area contributed by atoms with Crippen molar-refractivity contribution < 1.29 is 4.79 Å². The molecule has 2 atom stereocenters. The number of anilines is 3. The fourth-order valence-corrected chi connectivity index (χ4v) is 4.12. The standard InChI is InChI=1S/C23H27N7O/c1-14-13-20(27-19-9-4-3-8-16(19)24)29-22(21(14)23(31)30-25-2)28-18-11-5-10-17-15(18)7-6-12-26-17/h5-7,10-13,16,19H,2-4,8-9,24H2,1H3,(H,30,31)(H2,27,28,29). The number of benzene rings is 1. The summed E-state index contributed by atoms with van der Waals surface area (Å²) in [6, 6.07) is 11.8. The third kappa shape index (κ3) is 4.49.